The minimum absolute atomic E-state index is 0.442. The van der Waals surface area contributed by atoms with Crippen molar-refractivity contribution in [3.63, 3.8) is 0 Å². The van der Waals surface area contributed by atoms with Gasteiger partial charge in [0.05, 0.1) is 28.4 Å². The lowest BCUT2D eigenvalue weighted by Gasteiger charge is -2.24. The van der Waals surface area contributed by atoms with Crippen molar-refractivity contribution >= 4 is 34.8 Å². The van der Waals surface area contributed by atoms with E-state index in [2.05, 4.69) is 9.80 Å². The third-order valence-electron chi connectivity index (χ3n) is 7.23. The first-order valence-corrected chi connectivity index (χ1v) is 14.0. The molecule has 0 atom stereocenters. The summed E-state index contributed by atoms with van der Waals surface area (Å²) in [5.74, 6) is 4.14. The number of hydrogen-bond acceptors (Lipinski definition) is 8. The van der Waals surface area contributed by atoms with Gasteiger partial charge in [0.25, 0.3) is 0 Å². The predicted octanol–water partition coefficient (Wildman–Crippen LogP) is 6.87. The predicted molar refractivity (Wildman–Crippen MR) is 165 cm³/mol. The normalized spacial score (nSPS) is 13.5. The fourth-order valence-electron chi connectivity index (χ4n) is 5.09. The lowest BCUT2D eigenvalue weighted by atomic mass is 10.1. The van der Waals surface area contributed by atoms with Gasteiger partial charge < -0.3 is 28.7 Å². The molecular weight excluding hydrogens is 563 g/mol. The minimum Gasteiger partial charge on any atom is -0.495 e. The molecule has 4 aromatic rings. The van der Waals surface area contributed by atoms with Crippen LogP contribution in [0.1, 0.15) is 6.42 Å². The van der Waals surface area contributed by atoms with E-state index < -0.39 is 0 Å². The Morgan fingerprint density at radius 3 is 1.34 bits per heavy atom. The average molecular weight is 596 g/mol. The van der Waals surface area contributed by atoms with Crippen molar-refractivity contribution in [3.05, 3.63) is 71.0 Å². The fourth-order valence-corrected chi connectivity index (χ4v) is 5.72. The monoisotopic (exact) mass is 594 g/mol. The summed E-state index contributed by atoms with van der Waals surface area (Å²) in [6.45, 7) is 3.46. The zero-order valence-electron chi connectivity index (χ0n) is 23.5. The molecule has 0 spiro atoms. The highest BCUT2D eigenvalue weighted by atomic mass is 35.5. The zero-order chi connectivity index (χ0) is 28.9. The molecule has 2 aromatic carbocycles. The van der Waals surface area contributed by atoms with Gasteiger partial charge in [-0.2, -0.15) is 0 Å². The highest BCUT2D eigenvalue weighted by molar-refractivity contribution is 6.34. The molecule has 1 fully saturated rings. The first kappa shape index (κ1) is 28.6. The highest BCUT2D eigenvalue weighted by Crippen LogP contribution is 2.43. The van der Waals surface area contributed by atoms with Crippen LogP contribution in [0.5, 0.6) is 23.0 Å². The Morgan fingerprint density at radius 1 is 0.561 bits per heavy atom. The van der Waals surface area contributed by atoms with Crippen LogP contribution in [0, 0.1) is 0 Å². The highest BCUT2D eigenvalue weighted by Gasteiger charge is 2.20. The summed E-state index contributed by atoms with van der Waals surface area (Å²) in [6, 6.07) is 15.7. The number of halogens is 2. The van der Waals surface area contributed by atoms with E-state index in [1.165, 1.54) is 0 Å². The molecule has 1 saturated heterocycles. The largest absolute Gasteiger partial charge is 0.495 e. The van der Waals surface area contributed by atoms with Crippen LogP contribution < -0.4 is 28.7 Å². The van der Waals surface area contributed by atoms with Gasteiger partial charge in [0.1, 0.15) is 44.7 Å². The van der Waals surface area contributed by atoms with Crippen molar-refractivity contribution in [2.75, 3.05) is 64.4 Å². The maximum absolute atomic E-state index is 6.47. The molecule has 0 radical (unpaired) electrons. The Labute approximate surface area is 250 Å². The van der Waals surface area contributed by atoms with Crippen LogP contribution in [0.15, 0.2) is 60.9 Å². The summed E-state index contributed by atoms with van der Waals surface area (Å²) in [5, 5.41) is 0.885. The van der Waals surface area contributed by atoms with Crippen molar-refractivity contribution in [2.24, 2.45) is 0 Å². The molecule has 0 bridgehead atoms. The minimum atomic E-state index is 0.442. The SMILES string of the molecule is COc1ccc(-c2ccc(N3CCCN(c4ccc(-c5ccc(OC)c(Cl)c5OC)cn4)CC3)nc2)c(OC)c1Cl. The molecule has 8 nitrogen and oxygen atoms in total. The van der Waals surface area contributed by atoms with Crippen molar-refractivity contribution in [1.29, 1.82) is 0 Å². The Balaban J connectivity index is 1.28. The fraction of sp³-hybridized carbons (Fsp3) is 0.290. The Kier molecular flexibility index (Phi) is 8.90. The van der Waals surface area contributed by atoms with E-state index in [9.17, 15) is 0 Å². The number of pyridine rings is 2. The van der Waals surface area contributed by atoms with Crippen molar-refractivity contribution in [2.45, 2.75) is 6.42 Å². The number of hydrogen-bond donors (Lipinski definition) is 0. The Morgan fingerprint density at radius 2 is 1.00 bits per heavy atom. The van der Waals surface area contributed by atoms with E-state index in [1.54, 1.807) is 28.4 Å². The summed E-state index contributed by atoms with van der Waals surface area (Å²) in [4.78, 5) is 14.2. The quantitative estimate of drug-likeness (QED) is 0.219. The molecule has 0 saturated carbocycles. The maximum atomic E-state index is 6.47. The standard InChI is InChI=1S/C31H32Cl2N4O4/c1-38-24-10-8-22(30(40-3)28(24)32)20-6-12-26(34-18-20)36-14-5-15-37(17-16-36)27-13-7-21(19-35-27)23-9-11-25(39-2)29(33)31(23)41-4/h6-13,18-19H,5,14-17H2,1-4H3. The third-order valence-corrected chi connectivity index (χ3v) is 7.95. The molecule has 214 valence electrons. The smallest absolute Gasteiger partial charge is 0.149 e. The molecule has 1 aliphatic heterocycles. The molecule has 5 rings (SSSR count). The number of benzene rings is 2. The van der Waals surface area contributed by atoms with Crippen LogP contribution in [0.25, 0.3) is 22.3 Å². The molecular formula is C31H32Cl2N4O4. The Bertz CT molecular complexity index is 1390. The molecule has 0 aliphatic carbocycles. The van der Waals surface area contributed by atoms with Gasteiger partial charge in [-0.25, -0.2) is 9.97 Å². The van der Waals surface area contributed by atoms with Gasteiger partial charge in [-0.15, -0.1) is 0 Å². The number of aromatic nitrogens is 2. The van der Waals surface area contributed by atoms with E-state index in [0.29, 0.717) is 33.0 Å². The van der Waals surface area contributed by atoms with Crippen molar-refractivity contribution in [1.82, 2.24) is 9.97 Å². The molecule has 3 heterocycles. The number of rotatable bonds is 8. The topological polar surface area (TPSA) is 69.2 Å². The van der Waals surface area contributed by atoms with Crippen LogP contribution in [0.3, 0.4) is 0 Å². The second kappa shape index (κ2) is 12.7. The number of anilines is 2. The third kappa shape index (κ3) is 5.80. The molecule has 1 aliphatic rings. The first-order valence-electron chi connectivity index (χ1n) is 13.2. The number of ether oxygens (including phenoxy) is 4. The van der Waals surface area contributed by atoms with Gasteiger partial charge in [-0.05, 0) is 55.0 Å². The second-order valence-corrected chi connectivity index (χ2v) is 10.2. The molecule has 0 N–H and O–H groups in total. The summed E-state index contributed by atoms with van der Waals surface area (Å²) < 4.78 is 21.8. The van der Waals surface area contributed by atoms with E-state index in [0.717, 1.165) is 66.5 Å². The molecule has 2 aromatic heterocycles. The average Bonchev–Trinajstić information content (AvgIpc) is 3.27. The van der Waals surface area contributed by atoms with Gasteiger partial charge in [-0.3, -0.25) is 0 Å². The van der Waals surface area contributed by atoms with Crippen LogP contribution >= 0.6 is 23.2 Å². The van der Waals surface area contributed by atoms with E-state index in [1.807, 2.05) is 60.9 Å². The van der Waals surface area contributed by atoms with Gasteiger partial charge in [-0.1, -0.05) is 23.2 Å². The van der Waals surface area contributed by atoms with Crippen LogP contribution in [-0.2, 0) is 0 Å². The van der Waals surface area contributed by atoms with Gasteiger partial charge in [0, 0.05) is 60.8 Å². The van der Waals surface area contributed by atoms with Crippen LogP contribution in [0.4, 0.5) is 11.6 Å². The van der Waals surface area contributed by atoms with Crippen molar-refractivity contribution < 1.29 is 18.9 Å². The van der Waals surface area contributed by atoms with Gasteiger partial charge >= 0.3 is 0 Å². The zero-order valence-corrected chi connectivity index (χ0v) is 25.0. The van der Waals surface area contributed by atoms with E-state index >= 15 is 0 Å². The molecule has 10 heteroatoms. The second-order valence-electron chi connectivity index (χ2n) is 9.46. The molecule has 41 heavy (non-hydrogen) atoms. The summed E-state index contributed by atoms with van der Waals surface area (Å²) >= 11 is 12.9. The van der Waals surface area contributed by atoms with Gasteiger partial charge in [0.15, 0.2) is 0 Å². The summed E-state index contributed by atoms with van der Waals surface area (Å²) in [6.07, 6.45) is 4.70. The van der Waals surface area contributed by atoms with Crippen LogP contribution in [-0.4, -0.2) is 64.6 Å². The molecule has 0 unspecified atom stereocenters. The van der Waals surface area contributed by atoms with E-state index in [4.69, 9.17) is 52.1 Å². The summed E-state index contributed by atoms with van der Waals surface area (Å²) in [7, 11) is 6.37. The maximum Gasteiger partial charge on any atom is 0.149 e. The van der Waals surface area contributed by atoms with Gasteiger partial charge in [0.2, 0.25) is 0 Å². The lowest BCUT2D eigenvalue weighted by Crippen LogP contribution is -2.31. The van der Waals surface area contributed by atoms with Crippen molar-refractivity contribution in [3.8, 4) is 45.3 Å². The molecule has 0 amide bonds. The summed E-state index contributed by atoms with van der Waals surface area (Å²) in [5.41, 5.74) is 3.57. The first-order chi connectivity index (χ1) is 20.0. The number of methoxy groups -OCH3 is 4. The van der Waals surface area contributed by atoms with E-state index in [-0.39, 0.29) is 0 Å². The lowest BCUT2D eigenvalue weighted by molar-refractivity contribution is 0.395. The number of nitrogens with zero attached hydrogens (tertiary/aromatic N) is 4. The van der Waals surface area contributed by atoms with Crippen LogP contribution in [0.2, 0.25) is 10.0 Å². The Hall–Kier alpha value is -3.88.